The fourth-order valence-electron chi connectivity index (χ4n) is 1.72. The van der Waals surface area contributed by atoms with Gasteiger partial charge < -0.3 is 10.4 Å². The highest BCUT2D eigenvalue weighted by Gasteiger charge is 2.01. The van der Waals surface area contributed by atoms with Gasteiger partial charge in [0.25, 0.3) is 0 Å². The number of para-hydroxylation sites is 1. The van der Waals surface area contributed by atoms with E-state index in [2.05, 4.69) is 22.4 Å². The third-order valence-electron chi connectivity index (χ3n) is 2.81. The number of hydrogen-bond acceptors (Lipinski definition) is 3. The van der Waals surface area contributed by atoms with Crippen molar-refractivity contribution in [1.29, 1.82) is 0 Å². The molecule has 0 radical (unpaired) electrons. The summed E-state index contributed by atoms with van der Waals surface area (Å²) in [7, 11) is 0. The van der Waals surface area contributed by atoms with E-state index in [4.69, 9.17) is 0 Å². The second-order valence-corrected chi connectivity index (χ2v) is 4.19. The van der Waals surface area contributed by atoms with Gasteiger partial charge >= 0.3 is 0 Å². The maximum absolute atomic E-state index is 9.42. The van der Waals surface area contributed by atoms with Crippen LogP contribution in [0.5, 0.6) is 0 Å². The maximum atomic E-state index is 9.42. The molecule has 2 aromatic rings. The molecular weight excluding hydrogens is 212 g/mol. The Hall–Kier alpha value is -1.45. The van der Waals surface area contributed by atoms with E-state index in [1.807, 2.05) is 31.2 Å². The van der Waals surface area contributed by atoms with Gasteiger partial charge in [-0.25, -0.2) is 0 Å². The van der Waals surface area contributed by atoms with Crippen molar-refractivity contribution in [3.63, 3.8) is 0 Å². The zero-order chi connectivity index (χ0) is 12.1. The van der Waals surface area contributed by atoms with Crippen LogP contribution in [0.1, 0.15) is 19.0 Å². The van der Waals surface area contributed by atoms with Crippen LogP contribution in [0, 0.1) is 0 Å². The van der Waals surface area contributed by atoms with Crippen molar-refractivity contribution >= 4 is 10.9 Å². The summed E-state index contributed by atoms with van der Waals surface area (Å²) in [6.07, 6.45) is 0.508. The van der Waals surface area contributed by atoms with Crippen molar-refractivity contribution < 1.29 is 5.11 Å². The Labute approximate surface area is 102 Å². The van der Waals surface area contributed by atoms with Crippen LogP contribution >= 0.6 is 0 Å². The lowest BCUT2D eigenvalue weighted by molar-refractivity contribution is 0.167. The van der Waals surface area contributed by atoms with Crippen LogP contribution in [0.2, 0.25) is 0 Å². The molecule has 0 aliphatic carbocycles. The molecule has 1 heterocycles. The molecule has 0 fully saturated rings. The van der Waals surface area contributed by atoms with Crippen LogP contribution in [0.15, 0.2) is 36.4 Å². The van der Waals surface area contributed by atoms with Gasteiger partial charge in [0.2, 0.25) is 0 Å². The minimum Gasteiger partial charge on any atom is -0.392 e. The predicted molar refractivity (Wildman–Crippen MR) is 69.7 cm³/mol. The molecule has 1 atom stereocenters. The lowest BCUT2D eigenvalue weighted by Gasteiger charge is -2.09. The van der Waals surface area contributed by atoms with Gasteiger partial charge in [0.1, 0.15) is 0 Å². The topological polar surface area (TPSA) is 45.1 Å². The lowest BCUT2D eigenvalue weighted by Crippen LogP contribution is -2.26. The minimum atomic E-state index is -0.268. The van der Waals surface area contributed by atoms with Gasteiger partial charge in [-0.2, -0.15) is 0 Å². The van der Waals surface area contributed by atoms with Crippen molar-refractivity contribution in [2.45, 2.75) is 26.0 Å². The highest BCUT2D eigenvalue weighted by atomic mass is 16.3. The molecule has 0 bridgehead atoms. The molecule has 0 saturated heterocycles. The first kappa shape index (κ1) is 12.0. The maximum Gasteiger partial charge on any atom is 0.0705 e. The van der Waals surface area contributed by atoms with E-state index in [0.717, 1.165) is 23.0 Å². The number of rotatable bonds is 5. The highest BCUT2D eigenvalue weighted by Crippen LogP contribution is 2.11. The van der Waals surface area contributed by atoms with Crippen LogP contribution in [0.3, 0.4) is 0 Å². The lowest BCUT2D eigenvalue weighted by atomic mass is 10.2. The van der Waals surface area contributed by atoms with Crippen LogP contribution in [0.4, 0.5) is 0 Å². The number of nitrogens with one attached hydrogen (secondary N) is 1. The molecule has 3 heteroatoms. The highest BCUT2D eigenvalue weighted by molar-refractivity contribution is 5.78. The van der Waals surface area contributed by atoms with E-state index < -0.39 is 0 Å². The molecule has 0 aliphatic rings. The van der Waals surface area contributed by atoms with Gasteiger partial charge in [-0.1, -0.05) is 31.2 Å². The molecule has 1 unspecified atom stereocenters. The largest absolute Gasteiger partial charge is 0.392 e. The van der Waals surface area contributed by atoms with Crippen LogP contribution in [-0.4, -0.2) is 22.7 Å². The predicted octanol–water partition coefficient (Wildman–Crippen LogP) is 2.10. The smallest absolute Gasteiger partial charge is 0.0705 e. The van der Waals surface area contributed by atoms with E-state index in [9.17, 15) is 5.11 Å². The van der Waals surface area contributed by atoms with Crippen molar-refractivity contribution in [3.8, 4) is 0 Å². The monoisotopic (exact) mass is 230 g/mol. The SMILES string of the molecule is CCC(O)CNCc1ccc2ccccc2n1. The first-order valence-corrected chi connectivity index (χ1v) is 6.03. The third kappa shape index (κ3) is 3.25. The summed E-state index contributed by atoms with van der Waals surface area (Å²) in [5, 5.41) is 13.8. The fraction of sp³-hybridized carbons (Fsp3) is 0.357. The Morgan fingerprint density at radius 1 is 1.24 bits per heavy atom. The molecule has 0 saturated carbocycles. The Balaban J connectivity index is 1.99. The number of aliphatic hydroxyl groups is 1. The number of fused-ring (bicyclic) bond motifs is 1. The standard InChI is InChI=1S/C14H18N2O/c1-2-13(17)10-15-9-12-8-7-11-5-3-4-6-14(11)16-12/h3-8,13,15,17H,2,9-10H2,1H3. The summed E-state index contributed by atoms with van der Waals surface area (Å²) < 4.78 is 0. The van der Waals surface area contributed by atoms with Crippen LogP contribution in [0.25, 0.3) is 10.9 Å². The minimum absolute atomic E-state index is 0.268. The van der Waals surface area contributed by atoms with Gasteiger partial charge in [-0.15, -0.1) is 0 Å². The molecule has 2 rings (SSSR count). The molecule has 1 aromatic carbocycles. The van der Waals surface area contributed by atoms with Gasteiger partial charge in [-0.05, 0) is 18.6 Å². The molecule has 90 valence electrons. The molecule has 0 amide bonds. The van der Waals surface area contributed by atoms with Crippen LogP contribution in [-0.2, 0) is 6.54 Å². The number of hydrogen-bond donors (Lipinski definition) is 2. The zero-order valence-corrected chi connectivity index (χ0v) is 10.1. The summed E-state index contributed by atoms with van der Waals surface area (Å²) in [5.74, 6) is 0. The average Bonchev–Trinajstić information content (AvgIpc) is 2.38. The number of pyridine rings is 1. The van der Waals surface area contributed by atoms with E-state index in [0.29, 0.717) is 13.1 Å². The first-order valence-electron chi connectivity index (χ1n) is 6.03. The molecule has 2 N–H and O–H groups in total. The summed E-state index contributed by atoms with van der Waals surface area (Å²) in [6, 6.07) is 12.2. The fourth-order valence-corrected chi connectivity index (χ4v) is 1.72. The Morgan fingerprint density at radius 2 is 2.06 bits per heavy atom. The molecular formula is C14H18N2O. The van der Waals surface area contributed by atoms with E-state index in [1.165, 1.54) is 0 Å². The number of aromatic nitrogens is 1. The first-order chi connectivity index (χ1) is 8.29. The Kier molecular flexibility index (Phi) is 4.07. The second-order valence-electron chi connectivity index (χ2n) is 4.19. The van der Waals surface area contributed by atoms with E-state index >= 15 is 0 Å². The quantitative estimate of drug-likeness (QED) is 0.826. The Morgan fingerprint density at radius 3 is 2.88 bits per heavy atom. The Bertz CT molecular complexity index is 484. The van der Waals surface area contributed by atoms with Gasteiger partial charge in [0, 0.05) is 18.5 Å². The average molecular weight is 230 g/mol. The summed E-state index contributed by atoms with van der Waals surface area (Å²) in [5.41, 5.74) is 2.02. The molecule has 17 heavy (non-hydrogen) atoms. The summed E-state index contributed by atoms with van der Waals surface area (Å²) in [6.45, 7) is 3.29. The number of aliphatic hydroxyl groups excluding tert-OH is 1. The number of benzene rings is 1. The molecule has 3 nitrogen and oxygen atoms in total. The third-order valence-corrected chi connectivity index (χ3v) is 2.81. The zero-order valence-electron chi connectivity index (χ0n) is 10.1. The van der Waals surface area contributed by atoms with E-state index in [1.54, 1.807) is 0 Å². The normalized spacial score (nSPS) is 12.8. The summed E-state index contributed by atoms with van der Waals surface area (Å²) >= 11 is 0. The van der Waals surface area contributed by atoms with Crippen LogP contribution < -0.4 is 5.32 Å². The molecule has 1 aromatic heterocycles. The second kappa shape index (κ2) is 5.75. The number of nitrogens with zero attached hydrogens (tertiary/aromatic N) is 1. The van der Waals surface area contributed by atoms with Crippen molar-refractivity contribution in [1.82, 2.24) is 10.3 Å². The van der Waals surface area contributed by atoms with Gasteiger partial charge in [0.05, 0.1) is 17.3 Å². The van der Waals surface area contributed by atoms with Crippen molar-refractivity contribution in [2.75, 3.05) is 6.54 Å². The molecule has 0 spiro atoms. The van der Waals surface area contributed by atoms with Crippen molar-refractivity contribution in [3.05, 3.63) is 42.1 Å². The van der Waals surface area contributed by atoms with Gasteiger partial charge in [0.15, 0.2) is 0 Å². The summed E-state index contributed by atoms with van der Waals surface area (Å²) in [4.78, 5) is 4.55. The molecule has 0 aliphatic heterocycles. The van der Waals surface area contributed by atoms with Gasteiger partial charge in [-0.3, -0.25) is 4.98 Å². The van der Waals surface area contributed by atoms with Crippen molar-refractivity contribution in [2.24, 2.45) is 0 Å². The van der Waals surface area contributed by atoms with E-state index in [-0.39, 0.29) is 6.10 Å².